The highest BCUT2D eigenvalue weighted by atomic mass is 16.5. The molecule has 0 amide bonds. The van der Waals surface area contributed by atoms with Crippen LogP contribution in [-0.4, -0.2) is 62.8 Å². The topological polar surface area (TPSA) is 93.6 Å². The van der Waals surface area contributed by atoms with E-state index in [0.717, 1.165) is 107 Å². The number of hydrogen-bond acceptors (Lipinski definition) is 6. The molecule has 0 aliphatic heterocycles. The Morgan fingerprint density at radius 2 is 1.69 bits per heavy atom. The molecule has 5 N–H and O–H groups in total. The summed E-state index contributed by atoms with van der Waals surface area (Å²) in [5.41, 5.74) is 13.8. The van der Waals surface area contributed by atoms with E-state index in [9.17, 15) is 4.79 Å². The van der Waals surface area contributed by atoms with E-state index >= 15 is 0 Å². The molecule has 6 heteroatoms. The molecule has 4 rings (SSSR count). The molecular weight excluding hydrogens is 556 g/mol. The molecule has 4 aliphatic rings. The lowest BCUT2D eigenvalue weighted by Gasteiger charge is -2.58. The van der Waals surface area contributed by atoms with Crippen molar-refractivity contribution in [3.8, 4) is 0 Å². The molecule has 0 saturated heterocycles. The maximum absolute atomic E-state index is 13.2. The molecule has 0 spiro atoms. The second-order valence-electron chi connectivity index (χ2n) is 16.7. The third-order valence-electron chi connectivity index (χ3n) is 13.2. The molecular formula is C39H72N4O2. The zero-order valence-electron chi connectivity index (χ0n) is 30.1. The van der Waals surface area contributed by atoms with Gasteiger partial charge in [-0.2, -0.15) is 0 Å². The zero-order chi connectivity index (χ0) is 32.5. The third kappa shape index (κ3) is 9.36. The number of carbonyl (C=O) groups is 1. The highest BCUT2D eigenvalue weighted by molar-refractivity contribution is 5.72. The number of rotatable bonds is 19. The van der Waals surface area contributed by atoms with Gasteiger partial charge in [-0.15, -0.1) is 0 Å². The number of fused-ring (bicyclic) bond motifs is 5. The number of hydrogen-bond donors (Lipinski definition) is 3. The number of allylic oxidation sites excluding steroid dienone is 1. The Bertz CT molecular complexity index is 938. The van der Waals surface area contributed by atoms with Crippen LogP contribution in [0.15, 0.2) is 11.6 Å². The van der Waals surface area contributed by atoms with E-state index in [1.54, 1.807) is 5.57 Å². The first-order valence-electron chi connectivity index (χ1n) is 19.3. The van der Waals surface area contributed by atoms with Gasteiger partial charge in [0.25, 0.3) is 0 Å². The first-order valence-corrected chi connectivity index (χ1v) is 19.3. The molecule has 3 fully saturated rings. The summed E-state index contributed by atoms with van der Waals surface area (Å²) >= 11 is 0. The van der Waals surface area contributed by atoms with E-state index in [4.69, 9.17) is 16.2 Å². The summed E-state index contributed by atoms with van der Waals surface area (Å²) in [5.74, 6) is 5.08. The van der Waals surface area contributed by atoms with Crippen molar-refractivity contribution in [2.45, 2.75) is 137 Å². The van der Waals surface area contributed by atoms with Crippen LogP contribution in [0.1, 0.15) is 131 Å². The Morgan fingerprint density at radius 1 is 0.933 bits per heavy atom. The highest BCUT2D eigenvalue weighted by Crippen LogP contribution is 2.67. The second-order valence-corrected chi connectivity index (χ2v) is 16.7. The van der Waals surface area contributed by atoms with Crippen LogP contribution in [0.5, 0.6) is 0 Å². The SMILES string of the molecule is CC(C)CCCC(C)[C@H]1CC[C@H]2[C@@H]3CC=C4C[C@@H](OC(=O)CN(CCCN)CCCCNCCCN)CC[C@]4(C)[C@H]3CC[C@]12C. The number of nitrogens with one attached hydrogen (secondary N) is 1. The van der Waals surface area contributed by atoms with Gasteiger partial charge in [0.2, 0.25) is 0 Å². The van der Waals surface area contributed by atoms with Crippen molar-refractivity contribution in [3.63, 3.8) is 0 Å². The average molecular weight is 629 g/mol. The largest absolute Gasteiger partial charge is 0.461 e. The molecule has 0 aromatic carbocycles. The minimum Gasteiger partial charge on any atom is -0.461 e. The Morgan fingerprint density at radius 3 is 2.44 bits per heavy atom. The van der Waals surface area contributed by atoms with Crippen molar-refractivity contribution in [2.24, 2.45) is 57.8 Å². The van der Waals surface area contributed by atoms with Crippen LogP contribution in [0.4, 0.5) is 0 Å². The summed E-state index contributed by atoms with van der Waals surface area (Å²) < 4.78 is 6.20. The predicted octanol–water partition coefficient (Wildman–Crippen LogP) is 7.31. The Kier molecular flexibility index (Phi) is 14.3. The summed E-state index contributed by atoms with van der Waals surface area (Å²) in [7, 11) is 0. The van der Waals surface area contributed by atoms with E-state index in [1.807, 2.05) is 0 Å². The van der Waals surface area contributed by atoms with E-state index < -0.39 is 0 Å². The fourth-order valence-corrected chi connectivity index (χ4v) is 10.7. The Labute approximate surface area is 277 Å². The van der Waals surface area contributed by atoms with Crippen molar-refractivity contribution in [2.75, 3.05) is 45.8 Å². The highest BCUT2D eigenvalue weighted by Gasteiger charge is 2.59. The first-order chi connectivity index (χ1) is 21.6. The van der Waals surface area contributed by atoms with Gasteiger partial charge in [-0.25, -0.2) is 0 Å². The fraction of sp³-hybridized carbons (Fsp3) is 0.923. The standard InChI is InChI=1S/C39H72N4O2/c1-29(2)11-8-12-30(3)34-15-16-35-33-14-13-31-27-32(17-19-38(31,4)36(33)18-20-39(34,35)5)45-37(44)28-43(26-10-22-41)25-7-6-23-42-24-9-21-40/h13,29-30,32-36,42H,6-12,14-28,40-41H2,1-5H3/t30?,32-,33-,34+,35-,36-,38-,39+/m0/s1. The average Bonchev–Trinajstić information content (AvgIpc) is 3.36. The van der Waals surface area contributed by atoms with Crippen molar-refractivity contribution < 1.29 is 9.53 Å². The summed E-state index contributed by atoms with van der Waals surface area (Å²) in [6.45, 7) is 18.1. The van der Waals surface area contributed by atoms with Crippen LogP contribution < -0.4 is 16.8 Å². The van der Waals surface area contributed by atoms with Crippen molar-refractivity contribution in [1.29, 1.82) is 0 Å². The molecule has 0 aromatic rings. The molecule has 0 heterocycles. The number of nitrogens with zero attached hydrogens (tertiary/aromatic N) is 1. The number of nitrogens with two attached hydrogens (primary N) is 2. The number of esters is 1. The van der Waals surface area contributed by atoms with Crippen LogP contribution in [0.25, 0.3) is 0 Å². The number of ether oxygens (including phenoxy) is 1. The van der Waals surface area contributed by atoms with Gasteiger partial charge < -0.3 is 21.5 Å². The van der Waals surface area contributed by atoms with Gasteiger partial charge in [-0.1, -0.05) is 65.5 Å². The molecule has 0 bridgehead atoms. The smallest absolute Gasteiger partial charge is 0.320 e. The molecule has 260 valence electrons. The quantitative estimate of drug-likeness (QED) is 0.0789. The normalized spacial score (nSPS) is 33.4. The van der Waals surface area contributed by atoms with Gasteiger partial charge in [0.15, 0.2) is 0 Å². The number of unbranched alkanes of at least 4 members (excludes halogenated alkanes) is 1. The summed E-state index contributed by atoms with van der Waals surface area (Å²) in [6.07, 6.45) is 21.1. The molecule has 3 saturated carbocycles. The van der Waals surface area contributed by atoms with Crippen molar-refractivity contribution in [3.05, 3.63) is 11.6 Å². The van der Waals surface area contributed by atoms with Crippen LogP contribution in [-0.2, 0) is 9.53 Å². The van der Waals surface area contributed by atoms with Crippen LogP contribution in [0.2, 0.25) is 0 Å². The van der Waals surface area contributed by atoms with Gasteiger partial charge in [0, 0.05) is 6.42 Å². The van der Waals surface area contributed by atoms with E-state index in [1.165, 1.54) is 57.8 Å². The molecule has 8 atom stereocenters. The Balaban J connectivity index is 1.28. The minimum atomic E-state index is -0.0519. The molecule has 45 heavy (non-hydrogen) atoms. The Hall–Kier alpha value is -0.950. The lowest BCUT2D eigenvalue weighted by Crippen LogP contribution is -2.51. The molecule has 4 aliphatic carbocycles. The van der Waals surface area contributed by atoms with Gasteiger partial charge in [-0.3, -0.25) is 9.69 Å². The summed E-state index contributed by atoms with van der Waals surface area (Å²) in [6, 6.07) is 0. The maximum atomic E-state index is 13.2. The number of carbonyl (C=O) groups excluding carboxylic acids is 1. The van der Waals surface area contributed by atoms with Gasteiger partial charge in [-0.05, 0) is 156 Å². The predicted molar refractivity (Wildman–Crippen MR) is 189 cm³/mol. The van der Waals surface area contributed by atoms with Crippen molar-refractivity contribution >= 4 is 5.97 Å². The third-order valence-corrected chi connectivity index (χ3v) is 13.2. The van der Waals surface area contributed by atoms with Crippen molar-refractivity contribution in [1.82, 2.24) is 10.2 Å². The maximum Gasteiger partial charge on any atom is 0.320 e. The van der Waals surface area contributed by atoms with E-state index in [0.29, 0.717) is 23.9 Å². The lowest BCUT2D eigenvalue weighted by molar-refractivity contribution is -0.152. The summed E-state index contributed by atoms with van der Waals surface area (Å²) in [5, 5.41) is 3.45. The van der Waals surface area contributed by atoms with E-state index in [2.05, 4.69) is 50.9 Å². The fourth-order valence-electron chi connectivity index (χ4n) is 10.7. The lowest BCUT2D eigenvalue weighted by atomic mass is 9.47. The van der Waals surface area contributed by atoms with Crippen LogP contribution in [0, 0.1) is 46.3 Å². The monoisotopic (exact) mass is 629 g/mol. The van der Waals surface area contributed by atoms with Gasteiger partial charge in [0.1, 0.15) is 6.10 Å². The van der Waals surface area contributed by atoms with E-state index in [-0.39, 0.29) is 12.1 Å². The molecule has 6 nitrogen and oxygen atoms in total. The minimum absolute atomic E-state index is 0.0351. The van der Waals surface area contributed by atoms with Crippen LogP contribution in [0.3, 0.4) is 0 Å². The molecule has 1 unspecified atom stereocenters. The first kappa shape index (κ1) is 36.9. The zero-order valence-corrected chi connectivity index (χ0v) is 30.1. The van der Waals surface area contributed by atoms with Gasteiger partial charge >= 0.3 is 5.97 Å². The molecule has 0 radical (unpaired) electrons. The molecule has 0 aromatic heterocycles. The second kappa shape index (κ2) is 17.4. The summed E-state index contributed by atoms with van der Waals surface area (Å²) in [4.78, 5) is 15.4. The van der Waals surface area contributed by atoms with Crippen LogP contribution >= 0.6 is 0 Å². The van der Waals surface area contributed by atoms with Gasteiger partial charge in [0.05, 0.1) is 6.54 Å².